The maximum Gasteiger partial charge on any atom is 0.264 e. The van der Waals surface area contributed by atoms with E-state index in [0.29, 0.717) is 6.04 Å². The van der Waals surface area contributed by atoms with E-state index in [0.717, 1.165) is 63.5 Å². The number of nitrogens with zero attached hydrogens (tertiary/aromatic N) is 2. The molecule has 0 spiro atoms. The lowest BCUT2D eigenvalue weighted by Gasteiger charge is -2.37. The smallest absolute Gasteiger partial charge is 0.264 e. The second-order valence-corrected chi connectivity index (χ2v) is 6.82. The minimum absolute atomic E-state index is 0.233. The van der Waals surface area contributed by atoms with Gasteiger partial charge in [0.15, 0.2) is 0 Å². The minimum Gasteiger partial charge on any atom is -0.379 e. The van der Waals surface area contributed by atoms with Crippen LogP contribution in [0.1, 0.15) is 35.4 Å². The lowest BCUT2D eigenvalue weighted by molar-refractivity contribution is 0.0296. The van der Waals surface area contributed by atoms with Gasteiger partial charge in [0.2, 0.25) is 0 Å². The zero-order valence-corrected chi connectivity index (χ0v) is 13.3. The Labute approximate surface area is 130 Å². The molecule has 0 aromatic carbocycles. The number of hydrogen-bond donors (Lipinski definition) is 0. The Morgan fingerprint density at radius 1 is 1.29 bits per heavy atom. The summed E-state index contributed by atoms with van der Waals surface area (Å²) in [5.74, 6) is 0.233. The summed E-state index contributed by atoms with van der Waals surface area (Å²) >= 11 is 1.55. The monoisotopic (exact) mass is 308 g/mol. The highest BCUT2D eigenvalue weighted by Crippen LogP contribution is 2.24. The first-order chi connectivity index (χ1) is 10.3. The zero-order chi connectivity index (χ0) is 14.5. The fourth-order valence-electron chi connectivity index (χ4n) is 3.27. The summed E-state index contributed by atoms with van der Waals surface area (Å²) in [6, 6.07) is 4.32. The van der Waals surface area contributed by atoms with Gasteiger partial charge in [-0.05, 0) is 37.1 Å². The summed E-state index contributed by atoms with van der Waals surface area (Å²) in [7, 11) is 0. The molecule has 2 aliphatic rings. The molecule has 2 aliphatic heterocycles. The predicted octanol–water partition coefficient (Wildman–Crippen LogP) is 2.47. The maximum absolute atomic E-state index is 12.6. The SMILES string of the molecule is O=C(c1cccs1)N1CCCC[C@H]1CCN1CCOCC1. The number of ether oxygens (including phenoxy) is 1. The van der Waals surface area contributed by atoms with Crippen LogP contribution in [0.4, 0.5) is 0 Å². The summed E-state index contributed by atoms with van der Waals surface area (Å²) in [6.45, 7) is 5.77. The Hall–Kier alpha value is -0.910. The fourth-order valence-corrected chi connectivity index (χ4v) is 3.95. The van der Waals surface area contributed by atoms with Gasteiger partial charge in [-0.2, -0.15) is 0 Å². The summed E-state index contributed by atoms with van der Waals surface area (Å²) in [6.07, 6.45) is 4.64. The topological polar surface area (TPSA) is 32.8 Å². The van der Waals surface area contributed by atoms with Crippen molar-refractivity contribution in [3.63, 3.8) is 0 Å². The second kappa shape index (κ2) is 7.38. The Morgan fingerprint density at radius 3 is 2.90 bits per heavy atom. The van der Waals surface area contributed by atoms with E-state index in [1.54, 1.807) is 11.3 Å². The molecule has 0 N–H and O–H groups in total. The van der Waals surface area contributed by atoms with Gasteiger partial charge in [0.25, 0.3) is 5.91 Å². The van der Waals surface area contributed by atoms with Gasteiger partial charge in [-0.15, -0.1) is 11.3 Å². The first kappa shape index (κ1) is 15.0. The number of morpholine rings is 1. The number of rotatable bonds is 4. The molecule has 116 valence electrons. The number of piperidine rings is 1. The first-order valence-electron chi connectivity index (χ1n) is 7.99. The van der Waals surface area contributed by atoms with Crippen LogP contribution in [-0.4, -0.2) is 61.1 Å². The van der Waals surface area contributed by atoms with E-state index in [-0.39, 0.29) is 5.91 Å². The number of carbonyl (C=O) groups is 1. The summed E-state index contributed by atoms with van der Waals surface area (Å²) in [4.78, 5) is 18.1. The van der Waals surface area contributed by atoms with Crippen molar-refractivity contribution in [2.75, 3.05) is 39.4 Å². The van der Waals surface area contributed by atoms with Crippen molar-refractivity contribution in [3.8, 4) is 0 Å². The molecule has 2 saturated heterocycles. The molecular weight excluding hydrogens is 284 g/mol. The Morgan fingerprint density at radius 2 is 2.14 bits per heavy atom. The summed E-state index contributed by atoms with van der Waals surface area (Å²) in [5, 5.41) is 1.99. The van der Waals surface area contributed by atoms with Crippen LogP contribution < -0.4 is 0 Å². The van der Waals surface area contributed by atoms with E-state index in [9.17, 15) is 4.79 Å². The predicted molar refractivity (Wildman–Crippen MR) is 84.9 cm³/mol. The highest BCUT2D eigenvalue weighted by molar-refractivity contribution is 7.12. The van der Waals surface area contributed by atoms with Crippen LogP contribution in [0.3, 0.4) is 0 Å². The number of likely N-dealkylation sites (tertiary alicyclic amines) is 1. The molecule has 1 atom stereocenters. The third kappa shape index (κ3) is 3.84. The molecular formula is C16H24N2O2S. The minimum atomic E-state index is 0.233. The van der Waals surface area contributed by atoms with Gasteiger partial charge >= 0.3 is 0 Å². The molecule has 3 heterocycles. The van der Waals surface area contributed by atoms with Crippen LogP contribution in [0.15, 0.2) is 17.5 Å². The van der Waals surface area contributed by atoms with Crippen molar-refractivity contribution < 1.29 is 9.53 Å². The quantitative estimate of drug-likeness (QED) is 0.856. The van der Waals surface area contributed by atoms with Gasteiger partial charge in [0.1, 0.15) is 0 Å². The molecule has 1 amide bonds. The number of carbonyl (C=O) groups excluding carboxylic acids is 1. The molecule has 0 bridgehead atoms. The van der Waals surface area contributed by atoms with Crippen molar-refractivity contribution >= 4 is 17.2 Å². The van der Waals surface area contributed by atoms with Crippen molar-refractivity contribution in [1.82, 2.24) is 9.80 Å². The molecule has 1 aromatic heterocycles. The van der Waals surface area contributed by atoms with Gasteiger partial charge < -0.3 is 9.64 Å². The second-order valence-electron chi connectivity index (χ2n) is 5.87. The van der Waals surface area contributed by atoms with Gasteiger partial charge in [-0.25, -0.2) is 0 Å². The molecule has 0 saturated carbocycles. The maximum atomic E-state index is 12.6. The van der Waals surface area contributed by atoms with Gasteiger partial charge in [-0.1, -0.05) is 6.07 Å². The van der Waals surface area contributed by atoms with Crippen LogP contribution in [0.2, 0.25) is 0 Å². The fraction of sp³-hybridized carbons (Fsp3) is 0.688. The van der Waals surface area contributed by atoms with E-state index in [4.69, 9.17) is 4.74 Å². The van der Waals surface area contributed by atoms with E-state index in [1.807, 2.05) is 17.5 Å². The number of hydrogen-bond acceptors (Lipinski definition) is 4. The average Bonchev–Trinajstić information content (AvgIpc) is 3.08. The van der Waals surface area contributed by atoms with E-state index in [1.165, 1.54) is 6.42 Å². The van der Waals surface area contributed by atoms with Crippen molar-refractivity contribution in [3.05, 3.63) is 22.4 Å². The average molecular weight is 308 g/mol. The summed E-state index contributed by atoms with van der Waals surface area (Å²) < 4.78 is 5.40. The highest BCUT2D eigenvalue weighted by atomic mass is 32.1. The Balaban J connectivity index is 1.57. The molecule has 2 fully saturated rings. The Bertz CT molecular complexity index is 443. The molecule has 0 radical (unpaired) electrons. The van der Waals surface area contributed by atoms with E-state index < -0.39 is 0 Å². The molecule has 21 heavy (non-hydrogen) atoms. The standard InChI is InChI=1S/C16H24N2O2S/c19-16(15-5-3-13-21-15)18-7-2-1-4-14(18)6-8-17-9-11-20-12-10-17/h3,5,13-14H,1-2,4,6-12H2/t14-/m0/s1. The molecule has 3 rings (SSSR count). The largest absolute Gasteiger partial charge is 0.379 e. The zero-order valence-electron chi connectivity index (χ0n) is 12.5. The summed E-state index contributed by atoms with van der Waals surface area (Å²) in [5.41, 5.74) is 0. The lowest BCUT2D eigenvalue weighted by atomic mass is 9.98. The third-order valence-corrected chi connectivity index (χ3v) is 5.36. The third-order valence-electron chi connectivity index (χ3n) is 4.50. The van der Waals surface area contributed by atoms with Crippen LogP contribution in [0.5, 0.6) is 0 Å². The van der Waals surface area contributed by atoms with Crippen LogP contribution in [-0.2, 0) is 4.74 Å². The molecule has 4 nitrogen and oxygen atoms in total. The van der Waals surface area contributed by atoms with Crippen molar-refractivity contribution in [1.29, 1.82) is 0 Å². The van der Waals surface area contributed by atoms with Crippen molar-refractivity contribution in [2.24, 2.45) is 0 Å². The van der Waals surface area contributed by atoms with Crippen molar-refractivity contribution in [2.45, 2.75) is 31.7 Å². The van der Waals surface area contributed by atoms with Gasteiger partial charge in [-0.3, -0.25) is 9.69 Å². The first-order valence-corrected chi connectivity index (χ1v) is 8.87. The molecule has 5 heteroatoms. The number of amides is 1. The van der Waals surface area contributed by atoms with Gasteiger partial charge in [0, 0.05) is 32.2 Å². The number of thiophene rings is 1. The normalized spacial score (nSPS) is 24.2. The van der Waals surface area contributed by atoms with Crippen LogP contribution in [0, 0.1) is 0 Å². The molecule has 0 unspecified atom stereocenters. The van der Waals surface area contributed by atoms with Crippen LogP contribution in [0.25, 0.3) is 0 Å². The molecule has 1 aromatic rings. The van der Waals surface area contributed by atoms with Gasteiger partial charge in [0.05, 0.1) is 18.1 Å². The lowest BCUT2D eigenvalue weighted by Crippen LogP contribution is -2.46. The van der Waals surface area contributed by atoms with E-state index in [2.05, 4.69) is 9.80 Å². The van der Waals surface area contributed by atoms with E-state index >= 15 is 0 Å². The molecule has 0 aliphatic carbocycles. The van der Waals surface area contributed by atoms with Crippen LogP contribution >= 0.6 is 11.3 Å². The highest BCUT2D eigenvalue weighted by Gasteiger charge is 2.28. The Kier molecular flexibility index (Phi) is 5.27.